The van der Waals surface area contributed by atoms with Gasteiger partial charge in [-0.15, -0.1) is 11.3 Å². The number of aliphatic hydroxyl groups is 1. The molecule has 4 aromatic carbocycles. The van der Waals surface area contributed by atoms with E-state index in [1.807, 2.05) is 55.5 Å². The van der Waals surface area contributed by atoms with Crippen LogP contribution in [0.5, 0.6) is 28.9 Å². The van der Waals surface area contributed by atoms with E-state index in [9.17, 15) is 14.3 Å². The number of para-hydroxylation sites is 1. The number of methoxy groups -OCH3 is 1. The summed E-state index contributed by atoms with van der Waals surface area (Å²) in [5, 5.41) is 11.2. The molecule has 8 rings (SSSR count). The maximum absolute atomic E-state index is 14.5. The average Bonchev–Trinajstić information content (AvgIpc) is 3.77. The molecule has 14 nitrogen and oxygen atoms in total. The smallest absolute Gasteiger partial charge is 0.347 e. The molecular formula is C56H64ClFN6O8SSi. The molecule has 1 saturated heterocycles. The summed E-state index contributed by atoms with van der Waals surface area (Å²) >= 11 is 8.59. The first kappa shape index (κ1) is 54.1. The Bertz CT molecular complexity index is 3080. The SMILES string of the molecule is CCOC(=O)C(Cc1cc(O[Si](C)(C)C(C)(C)C)ccc1OCc1ccnc(-c2ccccc2OC)n1)Oc1ncnc2sc(-c3ccc(F)cc3)c(-c3ccc(O[C@@H](CO)CN4CCN(C)CC4)c(Cl)c3C)c12. The number of ether oxygens (including phenoxy) is 5. The summed E-state index contributed by atoms with van der Waals surface area (Å²) < 4.78 is 52.4. The van der Waals surface area contributed by atoms with Gasteiger partial charge in [0.05, 0.1) is 42.0 Å². The molecule has 1 N–H and O–H groups in total. The molecule has 1 aliphatic rings. The number of carbonyl (C=O) groups excluding carboxylic acids is 1. The van der Waals surface area contributed by atoms with Crippen LogP contribution in [0.4, 0.5) is 4.39 Å². The third-order valence-corrected chi connectivity index (χ3v) is 19.6. The Balaban J connectivity index is 1.18. The predicted octanol–water partition coefficient (Wildman–Crippen LogP) is 11.1. The van der Waals surface area contributed by atoms with Gasteiger partial charge < -0.3 is 38.1 Å². The summed E-state index contributed by atoms with van der Waals surface area (Å²) in [4.78, 5) is 38.9. The lowest BCUT2D eigenvalue weighted by Gasteiger charge is -2.36. The van der Waals surface area contributed by atoms with Crippen molar-refractivity contribution in [1.29, 1.82) is 0 Å². The number of carbonyl (C=O) groups is 1. The Kier molecular flexibility index (Phi) is 17.2. The maximum atomic E-state index is 14.5. The second kappa shape index (κ2) is 23.6. The number of aromatic nitrogens is 4. The van der Waals surface area contributed by atoms with Crippen LogP contribution in [0, 0.1) is 12.7 Å². The molecule has 3 aromatic heterocycles. The molecule has 2 atom stereocenters. The monoisotopic (exact) mass is 1060 g/mol. The van der Waals surface area contributed by atoms with Gasteiger partial charge >= 0.3 is 5.97 Å². The molecule has 1 aliphatic heterocycles. The van der Waals surface area contributed by atoms with Crippen LogP contribution in [0.3, 0.4) is 0 Å². The average molecular weight is 1060 g/mol. The predicted molar refractivity (Wildman–Crippen MR) is 291 cm³/mol. The van der Waals surface area contributed by atoms with E-state index >= 15 is 0 Å². The van der Waals surface area contributed by atoms with Crippen LogP contribution >= 0.6 is 22.9 Å². The molecule has 0 amide bonds. The zero-order valence-corrected chi connectivity index (χ0v) is 46.0. The first-order chi connectivity index (χ1) is 35.5. The molecule has 74 heavy (non-hydrogen) atoms. The highest BCUT2D eigenvalue weighted by atomic mass is 35.5. The highest BCUT2D eigenvalue weighted by Gasteiger charge is 2.39. The Labute approximate surface area is 442 Å². The lowest BCUT2D eigenvalue weighted by Crippen LogP contribution is -2.48. The molecule has 0 radical (unpaired) electrons. The molecule has 7 aromatic rings. The number of nitrogens with zero attached hydrogens (tertiary/aromatic N) is 6. The number of hydrogen-bond donors (Lipinski definition) is 1. The summed E-state index contributed by atoms with van der Waals surface area (Å²) in [6.45, 7) is 18.6. The van der Waals surface area contributed by atoms with Crippen molar-refractivity contribution >= 4 is 47.4 Å². The zero-order valence-electron chi connectivity index (χ0n) is 43.4. The van der Waals surface area contributed by atoms with Gasteiger partial charge in [0.15, 0.2) is 5.82 Å². The Hall–Kier alpha value is -6.21. The molecule has 18 heteroatoms. The van der Waals surface area contributed by atoms with E-state index in [0.717, 1.165) is 42.2 Å². The third-order valence-electron chi connectivity index (χ3n) is 13.6. The second-order valence-corrected chi connectivity index (χ2v) is 25.9. The minimum absolute atomic E-state index is 0.00800. The van der Waals surface area contributed by atoms with Gasteiger partial charge in [-0.1, -0.05) is 62.7 Å². The highest BCUT2D eigenvalue weighted by Crippen LogP contribution is 2.50. The Morgan fingerprint density at radius 2 is 1.66 bits per heavy atom. The molecule has 0 aliphatic carbocycles. The number of aliphatic hydroxyl groups excluding tert-OH is 1. The fraction of sp³-hybridized carbons (Fsp3) is 0.375. The molecule has 0 saturated carbocycles. The Morgan fingerprint density at radius 1 is 0.919 bits per heavy atom. The van der Waals surface area contributed by atoms with Crippen LogP contribution in [-0.4, -0.2) is 121 Å². The van der Waals surface area contributed by atoms with Crippen LogP contribution in [0.2, 0.25) is 23.2 Å². The third kappa shape index (κ3) is 12.5. The van der Waals surface area contributed by atoms with Crippen LogP contribution in [0.15, 0.2) is 97.5 Å². The van der Waals surface area contributed by atoms with E-state index < -0.39 is 26.5 Å². The molecule has 1 unspecified atom stereocenters. The van der Waals surface area contributed by atoms with Crippen molar-refractivity contribution in [3.8, 4) is 61.8 Å². The van der Waals surface area contributed by atoms with Crippen molar-refractivity contribution in [2.24, 2.45) is 0 Å². The van der Waals surface area contributed by atoms with Gasteiger partial charge in [0.1, 0.15) is 52.7 Å². The van der Waals surface area contributed by atoms with Crippen LogP contribution in [0.25, 0.3) is 43.2 Å². The van der Waals surface area contributed by atoms with Crippen molar-refractivity contribution in [2.45, 2.75) is 78.0 Å². The van der Waals surface area contributed by atoms with Crippen molar-refractivity contribution in [3.05, 3.63) is 125 Å². The number of piperazine rings is 1. The van der Waals surface area contributed by atoms with Gasteiger partial charge in [0, 0.05) is 61.3 Å². The van der Waals surface area contributed by atoms with Crippen molar-refractivity contribution in [2.75, 3.05) is 60.1 Å². The topological polar surface area (TPSA) is 151 Å². The lowest BCUT2D eigenvalue weighted by molar-refractivity contribution is -0.151. The van der Waals surface area contributed by atoms with E-state index in [-0.39, 0.29) is 43.0 Å². The first-order valence-electron chi connectivity index (χ1n) is 24.7. The summed E-state index contributed by atoms with van der Waals surface area (Å²) in [5.74, 6) is 1.77. The fourth-order valence-corrected chi connectivity index (χ4v) is 10.8. The van der Waals surface area contributed by atoms with Crippen molar-refractivity contribution < 1.29 is 42.4 Å². The van der Waals surface area contributed by atoms with E-state index in [1.54, 1.807) is 44.5 Å². The lowest BCUT2D eigenvalue weighted by atomic mass is 9.96. The molecule has 1 fully saturated rings. The van der Waals surface area contributed by atoms with E-state index in [0.29, 0.717) is 78.6 Å². The maximum Gasteiger partial charge on any atom is 0.347 e. The fourth-order valence-electron chi connectivity index (χ4n) is 8.41. The molecule has 4 heterocycles. The summed E-state index contributed by atoms with van der Waals surface area (Å²) in [5.41, 5.74) is 4.76. The number of thiophene rings is 1. The van der Waals surface area contributed by atoms with Gasteiger partial charge in [0.2, 0.25) is 20.3 Å². The Morgan fingerprint density at radius 3 is 2.38 bits per heavy atom. The molecular weight excluding hydrogens is 999 g/mol. The van der Waals surface area contributed by atoms with E-state index in [4.69, 9.17) is 54.7 Å². The zero-order chi connectivity index (χ0) is 52.7. The van der Waals surface area contributed by atoms with Crippen LogP contribution in [0.1, 0.15) is 44.5 Å². The largest absolute Gasteiger partial charge is 0.543 e. The van der Waals surface area contributed by atoms with Gasteiger partial charge in [-0.2, -0.15) is 0 Å². The normalized spacial score (nSPS) is 14.4. The second-order valence-electron chi connectivity index (χ2n) is 19.8. The number of likely N-dealkylation sites (N-methyl/N-ethyl adjacent to an activating group) is 1. The molecule has 390 valence electrons. The molecule has 0 spiro atoms. The number of rotatable bonds is 20. The minimum Gasteiger partial charge on any atom is -0.543 e. The summed E-state index contributed by atoms with van der Waals surface area (Å²) in [7, 11) is 1.37. The quantitative estimate of drug-likeness (QED) is 0.0569. The van der Waals surface area contributed by atoms with Crippen molar-refractivity contribution in [1.82, 2.24) is 29.7 Å². The van der Waals surface area contributed by atoms with Gasteiger partial charge in [0.25, 0.3) is 0 Å². The van der Waals surface area contributed by atoms with Crippen LogP contribution < -0.4 is 23.4 Å². The number of halogens is 2. The summed E-state index contributed by atoms with van der Waals surface area (Å²) in [6.07, 6.45) is 1.31. The van der Waals surface area contributed by atoms with Crippen LogP contribution in [-0.2, 0) is 22.6 Å². The van der Waals surface area contributed by atoms with Gasteiger partial charge in [-0.05, 0) is 110 Å². The standard InChI is InChI=1S/C56H64ClFN6O8SSi/c1-10-68-55(66)47(30-37-29-40(72-74(8,9)56(3,4)5)19-21-44(37)69-33-39-23-24-59-52(62-39)43-13-11-12-14-45(43)67-7)71-53-49-48(51(73-54(49)61-34-60-53)36-15-17-38(58)18-16-36)42-20-22-46(50(57)35(42)2)70-41(32-65)31-64-27-25-63(6)26-28-64/h11-24,29,34,41,47,65H,10,25-28,30-33H2,1-9H3/t41-,47?/m1/s1. The number of benzene rings is 4. The van der Waals surface area contributed by atoms with E-state index in [1.165, 1.54) is 29.8 Å². The highest BCUT2D eigenvalue weighted by molar-refractivity contribution is 7.22. The van der Waals surface area contributed by atoms with Gasteiger partial charge in [-0.3, -0.25) is 4.90 Å². The van der Waals surface area contributed by atoms with Gasteiger partial charge in [-0.25, -0.2) is 29.1 Å². The number of fused-ring (bicyclic) bond motifs is 1. The summed E-state index contributed by atoms with van der Waals surface area (Å²) in [6, 6.07) is 24.9. The van der Waals surface area contributed by atoms with Crippen molar-refractivity contribution in [3.63, 3.8) is 0 Å². The first-order valence-corrected chi connectivity index (χ1v) is 28.8. The number of esters is 1. The molecule has 0 bridgehead atoms. The van der Waals surface area contributed by atoms with E-state index in [2.05, 4.69) is 55.7 Å². The minimum atomic E-state index is -2.33. The number of hydrogen-bond acceptors (Lipinski definition) is 15.